The van der Waals surface area contributed by atoms with Crippen molar-refractivity contribution in [3.63, 3.8) is 0 Å². The average molecular weight is 251 g/mol. The fourth-order valence-corrected chi connectivity index (χ4v) is 1.79. The van der Waals surface area contributed by atoms with Gasteiger partial charge in [0.2, 0.25) is 0 Å². The third kappa shape index (κ3) is 2.86. The standard InChI is InChI=1S/C13H17NO4/c1-9-11(4-3-5-14-9)18-12-8-10(15)13(12)17-7-6-16-2/h3-5,12-13H,6-8H2,1-2H3. The molecule has 2 atom stereocenters. The van der Waals surface area contributed by atoms with Crippen LogP contribution in [0.15, 0.2) is 18.3 Å². The molecule has 1 aromatic heterocycles. The quantitative estimate of drug-likeness (QED) is 0.710. The molecule has 2 unspecified atom stereocenters. The van der Waals surface area contributed by atoms with E-state index in [1.54, 1.807) is 13.3 Å². The first-order valence-electron chi connectivity index (χ1n) is 5.94. The second-order valence-corrected chi connectivity index (χ2v) is 4.20. The van der Waals surface area contributed by atoms with E-state index in [9.17, 15) is 4.79 Å². The molecule has 0 radical (unpaired) electrons. The summed E-state index contributed by atoms with van der Waals surface area (Å²) in [7, 11) is 1.60. The monoisotopic (exact) mass is 251 g/mol. The van der Waals surface area contributed by atoms with Crippen LogP contribution in [0.4, 0.5) is 0 Å². The summed E-state index contributed by atoms with van der Waals surface area (Å²) in [5, 5.41) is 0. The molecule has 0 aromatic carbocycles. The lowest BCUT2D eigenvalue weighted by atomic mass is 9.90. The molecule has 1 saturated carbocycles. The van der Waals surface area contributed by atoms with Crippen LogP contribution in [0, 0.1) is 6.92 Å². The first kappa shape index (κ1) is 13.0. The van der Waals surface area contributed by atoms with Crippen molar-refractivity contribution in [2.75, 3.05) is 20.3 Å². The Morgan fingerprint density at radius 3 is 2.94 bits per heavy atom. The van der Waals surface area contributed by atoms with E-state index >= 15 is 0 Å². The fraction of sp³-hybridized carbons (Fsp3) is 0.538. The molecule has 0 spiro atoms. The van der Waals surface area contributed by atoms with Gasteiger partial charge in [-0.15, -0.1) is 0 Å². The third-order valence-electron chi connectivity index (χ3n) is 2.88. The Bertz CT molecular complexity index is 421. The number of pyridine rings is 1. The zero-order valence-corrected chi connectivity index (χ0v) is 10.6. The lowest BCUT2D eigenvalue weighted by Gasteiger charge is -2.34. The zero-order chi connectivity index (χ0) is 13.0. The number of nitrogens with zero attached hydrogens (tertiary/aromatic N) is 1. The maximum absolute atomic E-state index is 11.4. The molecule has 1 aromatic rings. The van der Waals surface area contributed by atoms with E-state index in [4.69, 9.17) is 14.2 Å². The van der Waals surface area contributed by atoms with Crippen molar-refractivity contribution in [1.82, 2.24) is 4.98 Å². The van der Waals surface area contributed by atoms with Crippen LogP contribution in [0.5, 0.6) is 5.75 Å². The van der Waals surface area contributed by atoms with E-state index in [1.165, 1.54) is 0 Å². The normalized spacial score (nSPS) is 22.7. The summed E-state index contributed by atoms with van der Waals surface area (Å²) in [5.41, 5.74) is 0.812. The van der Waals surface area contributed by atoms with E-state index in [1.807, 2.05) is 19.1 Å². The molecular formula is C13H17NO4. The van der Waals surface area contributed by atoms with Crippen molar-refractivity contribution >= 4 is 5.78 Å². The van der Waals surface area contributed by atoms with Crippen molar-refractivity contribution in [2.24, 2.45) is 0 Å². The van der Waals surface area contributed by atoms with Gasteiger partial charge in [-0.25, -0.2) is 0 Å². The summed E-state index contributed by atoms with van der Waals surface area (Å²) in [6, 6.07) is 3.65. The van der Waals surface area contributed by atoms with Gasteiger partial charge >= 0.3 is 0 Å². The Balaban J connectivity index is 1.90. The van der Waals surface area contributed by atoms with Gasteiger partial charge in [-0.1, -0.05) is 0 Å². The minimum Gasteiger partial charge on any atom is -0.485 e. The van der Waals surface area contributed by atoms with Gasteiger partial charge in [0.25, 0.3) is 0 Å². The molecule has 0 aliphatic heterocycles. The van der Waals surface area contributed by atoms with E-state index in [0.29, 0.717) is 25.4 Å². The topological polar surface area (TPSA) is 57.7 Å². The number of methoxy groups -OCH3 is 1. The highest BCUT2D eigenvalue weighted by Crippen LogP contribution is 2.26. The maximum atomic E-state index is 11.4. The largest absolute Gasteiger partial charge is 0.485 e. The predicted molar refractivity (Wildman–Crippen MR) is 64.6 cm³/mol. The molecule has 1 fully saturated rings. The lowest BCUT2D eigenvalue weighted by Crippen LogP contribution is -2.52. The van der Waals surface area contributed by atoms with Crippen molar-refractivity contribution in [3.05, 3.63) is 24.0 Å². The summed E-state index contributed by atoms with van der Waals surface area (Å²) in [6.45, 7) is 2.75. The molecule has 18 heavy (non-hydrogen) atoms. The molecule has 1 aliphatic carbocycles. The first-order chi connectivity index (χ1) is 8.72. The zero-order valence-electron chi connectivity index (χ0n) is 10.6. The van der Waals surface area contributed by atoms with Crippen molar-refractivity contribution < 1.29 is 19.0 Å². The van der Waals surface area contributed by atoms with Gasteiger partial charge < -0.3 is 14.2 Å². The number of hydrogen-bond acceptors (Lipinski definition) is 5. The second-order valence-electron chi connectivity index (χ2n) is 4.20. The van der Waals surface area contributed by atoms with E-state index in [0.717, 1.165) is 5.69 Å². The van der Waals surface area contributed by atoms with Gasteiger partial charge in [-0.3, -0.25) is 9.78 Å². The number of aryl methyl sites for hydroxylation is 1. The van der Waals surface area contributed by atoms with Gasteiger partial charge in [0.15, 0.2) is 11.9 Å². The number of carbonyl (C=O) groups excluding carboxylic acids is 1. The van der Waals surface area contributed by atoms with Crippen LogP contribution >= 0.6 is 0 Å². The molecule has 5 heteroatoms. The summed E-state index contributed by atoms with van der Waals surface area (Å²) < 4.78 is 16.1. The summed E-state index contributed by atoms with van der Waals surface area (Å²) in [4.78, 5) is 15.6. The smallest absolute Gasteiger partial charge is 0.169 e. The Kier molecular flexibility index (Phi) is 4.28. The number of carbonyl (C=O) groups is 1. The van der Waals surface area contributed by atoms with Gasteiger partial charge in [-0.2, -0.15) is 0 Å². The van der Waals surface area contributed by atoms with Gasteiger partial charge in [0, 0.05) is 19.7 Å². The molecular weight excluding hydrogens is 234 g/mol. The molecule has 98 valence electrons. The predicted octanol–water partition coefficient (Wildman–Crippen LogP) is 1.14. The van der Waals surface area contributed by atoms with Crippen LogP contribution in [0.1, 0.15) is 12.1 Å². The minimum absolute atomic E-state index is 0.0812. The number of ether oxygens (including phenoxy) is 3. The van der Waals surface area contributed by atoms with Crippen LogP contribution in [0.25, 0.3) is 0 Å². The molecule has 0 amide bonds. The first-order valence-corrected chi connectivity index (χ1v) is 5.94. The second kappa shape index (κ2) is 5.93. The molecule has 1 aliphatic rings. The SMILES string of the molecule is COCCOC1C(=O)CC1Oc1cccnc1C. The summed E-state index contributed by atoms with van der Waals surface area (Å²) in [6.07, 6.45) is 1.42. The Morgan fingerprint density at radius 1 is 1.44 bits per heavy atom. The molecule has 0 N–H and O–H groups in total. The summed E-state index contributed by atoms with van der Waals surface area (Å²) >= 11 is 0. The van der Waals surface area contributed by atoms with Crippen LogP contribution in [0.3, 0.4) is 0 Å². The molecule has 0 saturated heterocycles. The van der Waals surface area contributed by atoms with Crippen molar-refractivity contribution in [1.29, 1.82) is 0 Å². The fourth-order valence-electron chi connectivity index (χ4n) is 1.79. The number of aromatic nitrogens is 1. The van der Waals surface area contributed by atoms with E-state index in [-0.39, 0.29) is 11.9 Å². The Labute approximate surface area is 106 Å². The highest BCUT2D eigenvalue weighted by atomic mass is 16.6. The molecule has 5 nitrogen and oxygen atoms in total. The average Bonchev–Trinajstić information content (AvgIpc) is 2.36. The highest BCUT2D eigenvalue weighted by molar-refractivity contribution is 5.90. The van der Waals surface area contributed by atoms with Crippen molar-refractivity contribution in [2.45, 2.75) is 25.6 Å². The number of rotatable bonds is 6. The van der Waals surface area contributed by atoms with Gasteiger partial charge in [0.05, 0.1) is 18.9 Å². The summed E-state index contributed by atoms with van der Waals surface area (Å²) in [5.74, 6) is 0.785. The number of Topliss-reactive ketones (excluding diaryl/α,β-unsaturated/α-hetero) is 1. The van der Waals surface area contributed by atoms with Gasteiger partial charge in [0.1, 0.15) is 11.9 Å². The van der Waals surface area contributed by atoms with Crippen LogP contribution < -0.4 is 4.74 Å². The molecule has 2 rings (SSSR count). The van der Waals surface area contributed by atoms with Crippen LogP contribution in [-0.2, 0) is 14.3 Å². The van der Waals surface area contributed by atoms with Crippen molar-refractivity contribution in [3.8, 4) is 5.75 Å². The minimum atomic E-state index is -0.472. The van der Waals surface area contributed by atoms with E-state index < -0.39 is 6.10 Å². The lowest BCUT2D eigenvalue weighted by molar-refractivity contribution is -0.156. The third-order valence-corrected chi connectivity index (χ3v) is 2.88. The molecule has 0 bridgehead atoms. The molecule has 1 heterocycles. The van der Waals surface area contributed by atoms with Crippen LogP contribution in [0.2, 0.25) is 0 Å². The van der Waals surface area contributed by atoms with E-state index in [2.05, 4.69) is 4.98 Å². The number of ketones is 1. The maximum Gasteiger partial charge on any atom is 0.169 e. The number of hydrogen-bond donors (Lipinski definition) is 0. The van der Waals surface area contributed by atoms with Gasteiger partial charge in [-0.05, 0) is 19.1 Å². The Hall–Kier alpha value is -1.46. The highest BCUT2D eigenvalue weighted by Gasteiger charge is 2.42. The van der Waals surface area contributed by atoms with Crippen LogP contribution in [-0.4, -0.2) is 43.3 Å². The Morgan fingerprint density at radius 2 is 2.28 bits per heavy atom.